The second-order valence-corrected chi connectivity index (χ2v) is 30.1. The van der Waals surface area contributed by atoms with Crippen LogP contribution in [-0.4, -0.2) is 42.8 Å². The Morgan fingerprint density at radius 1 is 1.00 bits per heavy atom. The van der Waals surface area contributed by atoms with E-state index >= 15 is 0 Å². The third-order valence-electron chi connectivity index (χ3n) is 5.09. The first-order valence-corrected chi connectivity index (χ1v) is 24.2. The molecule has 0 N–H and O–H groups in total. The summed E-state index contributed by atoms with van der Waals surface area (Å²) in [6.07, 6.45) is 4.26. The van der Waals surface area contributed by atoms with Gasteiger partial charge >= 0.3 is 181 Å². The topological polar surface area (TPSA) is 27.1 Å². The molecule has 154 valence electrons. The minimum atomic E-state index is -2.16. The molecule has 0 atom stereocenters. The van der Waals surface area contributed by atoms with Crippen LogP contribution in [0.5, 0.6) is 0 Å². The van der Waals surface area contributed by atoms with Gasteiger partial charge in [-0.1, -0.05) is 0 Å². The zero-order chi connectivity index (χ0) is 21.1. The summed E-state index contributed by atoms with van der Waals surface area (Å²) in [5.41, 5.74) is 3.38. The Morgan fingerprint density at radius 3 is 2.38 bits per heavy atom. The van der Waals surface area contributed by atoms with E-state index < -0.39 is 26.5 Å². The van der Waals surface area contributed by atoms with E-state index in [1.807, 2.05) is 10.7 Å². The molecule has 29 heavy (non-hydrogen) atoms. The van der Waals surface area contributed by atoms with E-state index in [2.05, 4.69) is 89.1 Å². The summed E-state index contributed by atoms with van der Waals surface area (Å²) in [5.74, 6) is 0. The molecule has 0 fully saturated rings. The Morgan fingerprint density at radius 2 is 1.72 bits per heavy atom. The summed E-state index contributed by atoms with van der Waals surface area (Å²) in [6, 6.07) is 18.5. The number of nitrogens with zero attached hydrogens (tertiary/aromatic N) is 2. The number of hydrogen-bond acceptors (Lipinski definition) is 2. The molecular formula is C24H34N2OSiSn. The summed E-state index contributed by atoms with van der Waals surface area (Å²) in [7, 11) is -1.09. The number of benzene rings is 2. The molecule has 0 bridgehead atoms. The number of ether oxygens (including phenoxy) is 1. The van der Waals surface area contributed by atoms with Crippen molar-refractivity contribution in [2.24, 2.45) is 0 Å². The van der Waals surface area contributed by atoms with Crippen LogP contribution in [0.4, 0.5) is 0 Å². The zero-order valence-corrected chi connectivity index (χ0v) is 22.6. The number of aromatic nitrogens is 2. The molecule has 1 heterocycles. The van der Waals surface area contributed by atoms with Crippen molar-refractivity contribution in [3.8, 4) is 0 Å². The van der Waals surface area contributed by atoms with Crippen LogP contribution in [0.3, 0.4) is 0 Å². The maximum atomic E-state index is 6.03. The summed E-state index contributed by atoms with van der Waals surface area (Å²) in [4.78, 5) is 7.37. The van der Waals surface area contributed by atoms with E-state index in [-0.39, 0.29) is 0 Å². The van der Waals surface area contributed by atoms with Gasteiger partial charge in [-0.2, -0.15) is 0 Å². The molecule has 0 aliphatic heterocycles. The summed E-state index contributed by atoms with van der Waals surface area (Å²) >= 11 is -2.16. The van der Waals surface area contributed by atoms with Crippen molar-refractivity contribution in [1.82, 2.24) is 9.78 Å². The van der Waals surface area contributed by atoms with Gasteiger partial charge in [0.05, 0.1) is 0 Å². The van der Waals surface area contributed by atoms with E-state index in [9.17, 15) is 0 Å². The summed E-state index contributed by atoms with van der Waals surface area (Å²) < 4.78 is 9.60. The quantitative estimate of drug-likeness (QED) is 0.270. The van der Waals surface area contributed by atoms with Crippen LogP contribution in [0.2, 0.25) is 40.5 Å². The van der Waals surface area contributed by atoms with E-state index in [4.69, 9.17) is 9.84 Å². The molecule has 0 aliphatic carbocycles. The van der Waals surface area contributed by atoms with Crippen molar-refractivity contribution in [1.29, 1.82) is 0 Å². The second-order valence-electron chi connectivity index (χ2n) is 9.96. The van der Waals surface area contributed by atoms with Crippen molar-refractivity contribution < 1.29 is 4.74 Å². The first-order chi connectivity index (χ1) is 13.6. The molecule has 3 aromatic rings. The fourth-order valence-corrected chi connectivity index (χ4v) is 7.20. The monoisotopic (exact) mass is 514 g/mol. The predicted molar refractivity (Wildman–Crippen MR) is 132 cm³/mol. The first kappa shape index (κ1) is 22.3. The molecule has 5 heteroatoms. The molecule has 0 radical (unpaired) electrons. The molecule has 1 aromatic heterocycles. The van der Waals surface area contributed by atoms with Crippen LogP contribution in [0.1, 0.15) is 11.3 Å². The predicted octanol–water partition coefficient (Wildman–Crippen LogP) is 6.06. The Kier molecular flexibility index (Phi) is 7.07. The fraction of sp³-hybridized carbons (Fsp3) is 0.375. The molecule has 2 aromatic carbocycles. The number of fused-ring (bicyclic) bond motifs is 1. The van der Waals surface area contributed by atoms with Gasteiger partial charge in [-0.25, -0.2) is 0 Å². The van der Waals surface area contributed by atoms with Gasteiger partial charge < -0.3 is 0 Å². The third-order valence-corrected chi connectivity index (χ3v) is 12.6. The SMILES string of the molecule is C[Si](C)(C)CCOCn1nc(C=Cc2ccccc2)c2cc[c]([Sn]([CH3])([CH3])[CH3])cc21. The van der Waals surface area contributed by atoms with Gasteiger partial charge in [0.2, 0.25) is 0 Å². The van der Waals surface area contributed by atoms with Crippen molar-refractivity contribution in [3.05, 3.63) is 59.8 Å². The Labute approximate surface area is 180 Å². The summed E-state index contributed by atoms with van der Waals surface area (Å²) in [6.45, 7) is 8.48. The van der Waals surface area contributed by atoms with Gasteiger partial charge in [0.25, 0.3) is 0 Å². The molecule has 0 unspecified atom stereocenters. The van der Waals surface area contributed by atoms with Crippen molar-refractivity contribution in [2.45, 2.75) is 47.2 Å². The van der Waals surface area contributed by atoms with Gasteiger partial charge in [0, 0.05) is 0 Å². The normalized spacial score (nSPS) is 12.9. The van der Waals surface area contributed by atoms with Crippen LogP contribution in [0.25, 0.3) is 23.1 Å². The molecule has 0 aliphatic rings. The van der Waals surface area contributed by atoms with Crippen LogP contribution in [0.15, 0.2) is 48.5 Å². The van der Waals surface area contributed by atoms with Crippen molar-refractivity contribution >= 4 is 53.1 Å². The van der Waals surface area contributed by atoms with E-state index in [0.29, 0.717) is 6.73 Å². The Hall–Kier alpha value is -1.37. The Balaban J connectivity index is 1.91. The average molecular weight is 513 g/mol. The number of rotatable bonds is 8. The van der Waals surface area contributed by atoms with E-state index in [1.165, 1.54) is 26.1 Å². The fourth-order valence-electron chi connectivity index (χ4n) is 3.16. The van der Waals surface area contributed by atoms with E-state index in [1.54, 1.807) is 0 Å². The first-order valence-electron chi connectivity index (χ1n) is 10.5. The van der Waals surface area contributed by atoms with Crippen LogP contribution >= 0.6 is 0 Å². The average Bonchev–Trinajstić information content (AvgIpc) is 3.00. The van der Waals surface area contributed by atoms with Gasteiger partial charge in [-0.3, -0.25) is 0 Å². The van der Waals surface area contributed by atoms with Gasteiger partial charge in [0.15, 0.2) is 0 Å². The summed E-state index contributed by atoms with van der Waals surface area (Å²) in [5, 5.41) is 6.10. The molecule has 0 saturated heterocycles. The Bertz CT molecular complexity index is 982. The minimum absolute atomic E-state index is 0.517. The molecule has 3 nitrogen and oxygen atoms in total. The molecule has 0 amide bonds. The van der Waals surface area contributed by atoms with Crippen molar-refractivity contribution in [3.63, 3.8) is 0 Å². The van der Waals surface area contributed by atoms with E-state index in [0.717, 1.165) is 12.3 Å². The molecule has 3 rings (SSSR count). The molecule has 0 spiro atoms. The maximum absolute atomic E-state index is 6.03. The zero-order valence-electron chi connectivity index (χ0n) is 18.7. The van der Waals surface area contributed by atoms with Crippen LogP contribution < -0.4 is 3.58 Å². The van der Waals surface area contributed by atoms with Crippen LogP contribution in [0, 0.1) is 0 Å². The molecule has 0 saturated carbocycles. The molecular weight excluding hydrogens is 479 g/mol. The van der Waals surface area contributed by atoms with Gasteiger partial charge in [-0.15, -0.1) is 0 Å². The standard InChI is InChI=1S/C21H25N2OSi.3CH3.Sn/c1-25(2,3)16-15-24-17-23-21-12-8-7-11-19(21)20(22-23)14-13-18-9-5-4-6-10-18;;;;/h4-7,9-14H,15-17H2,1-3H3;3*1H3;. The third kappa shape index (κ3) is 6.30. The number of hydrogen-bond donors (Lipinski definition) is 0. The van der Waals surface area contributed by atoms with Crippen LogP contribution in [-0.2, 0) is 11.5 Å². The van der Waals surface area contributed by atoms with Crippen molar-refractivity contribution in [2.75, 3.05) is 6.61 Å². The van der Waals surface area contributed by atoms with Gasteiger partial charge in [-0.05, 0) is 0 Å². The second kappa shape index (κ2) is 9.19. The van der Waals surface area contributed by atoms with Gasteiger partial charge in [0.1, 0.15) is 0 Å².